The van der Waals surface area contributed by atoms with E-state index in [0.29, 0.717) is 5.01 Å². The van der Waals surface area contributed by atoms with Crippen LogP contribution in [0, 0.1) is 0 Å². The molecule has 0 fully saturated rings. The van der Waals surface area contributed by atoms with Crippen molar-refractivity contribution in [2.24, 2.45) is 0 Å². The highest BCUT2D eigenvalue weighted by Gasteiger charge is 2.15. The summed E-state index contributed by atoms with van der Waals surface area (Å²) < 4.78 is 26.6. The van der Waals surface area contributed by atoms with Crippen molar-refractivity contribution in [2.45, 2.75) is 24.8 Å². The molecule has 0 atom stereocenters. The van der Waals surface area contributed by atoms with Crippen molar-refractivity contribution in [3.63, 3.8) is 0 Å². The highest BCUT2D eigenvalue weighted by Crippen LogP contribution is 2.13. The van der Waals surface area contributed by atoms with Gasteiger partial charge in [0.15, 0.2) is 5.69 Å². The predicted molar refractivity (Wildman–Crippen MR) is 78.9 cm³/mol. The van der Waals surface area contributed by atoms with Gasteiger partial charge in [0.25, 0.3) is 0 Å². The fourth-order valence-corrected chi connectivity index (χ4v) is 3.42. The monoisotopic (exact) mass is 326 g/mol. The van der Waals surface area contributed by atoms with Crippen molar-refractivity contribution in [1.29, 1.82) is 0 Å². The molecule has 2 aromatic rings. The van der Waals surface area contributed by atoms with E-state index in [0.717, 1.165) is 23.3 Å². The number of benzene rings is 1. The number of thiazole rings is 1. The third-order valence-corrected chi connectivity index (χ3v) is 5.09. The van der Waals surface area contributed by atoms with Crippen LogP contribution in [-0.4, -0.2) is 24.5 Å². The lowest BCUT2D eigenvalue weighted by atomic mass is 10.2. The Kier molecular flexibility index (Phi) is 4.71. The van der Waals surface area contributed by atoms with Gasteiger partial charge in [-0.25, -0.2) is 22.9 Å². The van der Waals surface area contributed by atoms with Gasteiger partial charge < -0.3 is 5.11 Å². The molecule has 0 saturated carbocycles. The maximum Gasteiger partial charge on any atom is 0.355 e. The van der Waals surface area contributed by atoms with Crippen LogP contribution in [0.5, 0.6) is 0 Å². The Labute approximate surface area is 126 Å². The fourth-order valence-electron chi connectivity index (χ4n) is 1.63. The summed E-state index contributed by atoms with van der Waals surface area (Å²) in [4.78, 5) is 14.7. The van der Waals surface area contributed by atoms with Crippen molar-refractivity contribution in [3.8, 4) is 0 Å². The Morgan fingerprint density at radius 2 is 2.00 bits per heavy atom. The van der Waals surface area contributed by atoms with Gasteiger partial charge in [-0.1, -0.05) is 19.1 Å². The molecule has 112 valence electrons. The molecule has 21 heavy (non-hydrogen) atoms. The van der Waals surface area contributed by atoms with E-state index in [1.165, 1.54) is 5.38 Å². The van der Waals surface area contributed by atoms with Crippen LogP contribution in [0.4, 0.5) is 0 Å². The molecule has 2 N–H and O–H groups in total. The van der Waals surface area contributed by atoms with Crippen LogP contribution in [0.3, 0.4) is 0 Å². The maximum atomic E-state index is 12.1. The molecule has 6 nitrogen and oxygen atoms in total. The average Bonchev–Trinajstić information content (AvgIpc) is 2.94. The van der Waals surface area contributed by atoms with E-state index in [2.05, 4.69) is 9.71 Å². The Morgan fingerprint density at radius 1 is 1.33 bits per heavy atom. The zero-order valence-corrected chi connectivity index (χ0v) is 12.9. The largest absolute Gasteiger partial charge is 0.476 e. The molecule has 1 aromatic carbocycles. The summed E-state index contributed by atoms with van der Waals surface area (Å²) in [5, 5.41) is 10.5. The van der Waals surface area contributed by atoms with Crippen molar-refractivity contribution in [1.82, 2.24) is 9.71 Å². The van der Waals surface area contributed by atoms with Crippen LogP contribution >= 0.6 is 11.3 Å². The van der Waals surface area contributed by atoms with Crippen molar-refractivity contribution < 1.29 is 18.3 Å². The zero-order chi connectivity index (χ0) is 15.5. The molecule has 0 unspecified atom stereocenters. The van der Waals surface area contributed by atoms with Crippen LogP contribution in [-0.2, 0) is 23.0 Å². The third-order valence-electron chi connectivity index (χ3n) is 2.83. The number of carbonyl (C=O) groups is 1. The van der Waals surface area contributed by atoms with E-state index in [1.54, 1.807) is 24.3 Å². The summed E-state index contributed by atoms with van der Waals surface area (Å²) in [6, 6.07) is 6.62. The summed E-state index contributed by atoms with van der Waals surface area (Å²) in [7, 11) is -3.63. The van der Waals surface area contributed by atoms with E-state index < -0.39 is 16.0 Å². The van der Waals surface area contributed by atoms with Crippen LogP contribution in [0.25, 0.3) is 0 Å². The minimum Gasteiger partial charge on any atom is -0.476 e. The maximum absolute atomic E-state index is 12.1. The first-order valence-corrected chi connectivity index (χ1v) is 8.55. The number of nitrogens with one attached hydrogen (secondary N) is 1. The van der Waals surface area contributed by atoms with Gasteiger partial charge in [0.05, 0.1) is 11.4 Å². The lowest BCUT2D eigenvalue weighted by Crippen LogP contribution is -2.23. The molecule has 0 aliphatic carbocycles. The van der Waals surface area contributed by atoms with Gasteiger partial charge in [0.2, 0.25) is 10.0 Å². The molecular weight excluding hydrogens is 312 g/mol. The van der Waals surface area contributed by atoms with Crippen LogP contribution in [0.1, 0.15) is 28.0 Å². The molecule has 0 radical (unpaired) electrons. The number of sulfonamides is 1. The number of aromatic carboxylic acids is 1. The quantitative estimate of drug-likeness (QED) is 0.845. The minimum atomic E-state index is -3.63. The minimum absolute atomic E-state index is 0.0319. The molecule has 0 aliphatic rings. The van der Waals surface area contributed by atoms with Crippen LogP contribution < -0.4 is 4.72 Å². The first-order valence-electron chi connectivity index (χ1n) is 6.18. The van der Waals surface area contributed by atoms with E-state index in [1.807, 2.05) is 6.92 Å². The Bertz CT molecular complexity index is 736. The molecule has 2 rings (SSSR count). The second kappa shape index (κ2) is 6.33. The first-order chi connectivity index (χ1) is 9.92. The number of rotatable bonds is 6. The number of aryl methyl sites for hydroxylation is 1. The summed E-state index contributed by atoms with van der Waals surface area (Å²) in [5.41, 5.74) is 0.974. The van der Waals surface area contributed by atoms with E-state index in [-0.39, 0.29) is 17.1 Å². The Morgan fingerprint density at radius 3 is 2.52 bits per heavy atom. The normalized spacial score (nSPS) is 11.5. The van der Waals surface area contributed by atoms with Gasteiger partial charge >= 0.3 is 5.97 Å². The van der Waals surface area contributed by atoms with E-state index in [9.17, 15) is 13.2 Å². The predicted octanol–water partition coefficient (Wildman–Crippen LogP) is 1.88. The van der Waals surface area contributed by atoms with E-state index >= 15 is 0 Å². The van der Waals surface area contributed by atoms with Gasteiger partial charge in [-0.3, -0.25) is 0 Å². The molecule has 1 heterocycles. The molecule has 0 saturated heterocycles. The number of nitrogens with zero attached hydrogens (tertiary/aromatic N) is 1. The van der Waals surface area contributed by atoms with Crippen LogP contribution in [0.2, 0.25) is 0 Å². The summed E-state index contributed by atoms with van der Waals surface area (Å²) in [5.74, 6) is -1.13. The summed E-state index contributed by atoms with van der Waals surface area (Å²) in [6.45, 7) is 1.96. The molecular formula is C13H14N2O4S2. The smallest absolute Gasteiger partial charge is 0.355 e. The number of carboxylic acid groups (broad SMARTS) is 1. The van der Waals surface area contributed by atoms with Crippen molar-refractivity contribution in [3.05, 3.63) is 45.9 Å². The first kappa shape index (κ1) is 15.6. The standard InChI is InChI=1S/C13H14N2O4S2/c1-2-9-3-5-10(6-4-9)21(18,19)14-7-12-15-11(8-20-12)13(16)17/h3-6,8,14H,2,7H2,1H3,(H,16,17). The van der Waals surface area contributed by atoms with Crippen molar-refractivity contribution in [2.75, 3.05) is 0 Å². The van der Waals surface area contributed by atoms with Gasteiger partial charge in [0, 0.05) is 5.38 Å². The Balaban J connectivity index is 2.07. The highest BCUT2D eigenvalue weighted by molar-refractivity contribution is 7.89. The highest BCUT2D eigenvalue weighted by atomic mass is 32.2. The molecule has 0 spiro atoms. The van der Waals surface area contributed by atoms with Crippen LogP contribution in [0.15, 0.2) is 34.5 Å². The molecule has 0 aliphatic heterocycles. The number of aromatic nitrogens is 1. The van der Waals surface area contributed by atoms with Gasteiger partial charge in [-0.15, -0.1) is 11.3 Å². The van der Waals surface area contributed by atoms with Gasteiger partial charge in [-0.2, -0.15) is 0 Å². The molecule has 1 aromatic heterocycles. The number of hydrogen-bond donors (Lipinski definition) is 2. The third kappa shape index (κ3) is 3.87. The summed E-state index contributed by atoms with van der Waals surface area (Å²) in [6.07, 6.45) is 0.838. The second-order valence-corrected chi connectivity index (χ2v) is 6.96. The average molecular weight is 326 g/mol. The Hall–Kier alpha value is -1.77. The number of hydrogen-bond acceptors (Lipinski definition) is 5. The molecule has 0 amide bonds. The van der Waals surface area contributed by atoms with Crippen molar-refractivity contribution >= 4 is 27.3 Å². The second-order valence-electron chi connectivity index (χ2n) is 4.25. The van der Waals surface area contributed by atoms with E-state index in [4.69, 9.17) is 5.11 Å². The lowest BCUT2D eigenvalue weighted by molar-refractivity contribution is 0.0691. The molecule has 0 bridgehead atoms. The van der Waals surface area contributed by atoms with Gasteiger partial charge in [0.1, 0.15) is 5.01 Å². The zero-order valence-electron chi connectivity index (χ0n) is 11.2. The molecule has 8 heteroatoms. The lowest BCUT2D eigenvalue weighted by Gasteiger charge is -2.06. The topological polar surface area (TPSA) is 96.4 Å². The summed E-state index contributed by atoms with van der Waals surface area (Å²) >= 11 is 1.10. The fraction of sp³-hybridized carbons (Fsp3) is 0.231. The van der Waals surface area contributed by atoms with Gasteiger partial charge in [-0.05, 0) is 24.1 Å². The SMILES string of the molecule is CCc1ccc(S(=O)(=O)NCc2nc(C(=O)O)cs2)cc1. The number of carboxylic acids is 1.